The van der Waals surface area contributed by atoms with Crippen molar-refractivity contribution < 1.29 is 13.2 Å². The van der Waals surface area contributed by atoms with Crippen LogP contribution in [-0.4, -0.2) is 45.1 Å². The number of hydrogen-bond donors (Lipinski definition) is 1. The number of nitrogens with zero attached hydrogens (tertiary/aromatic N) is 1. The third-order valence-corrected chi connectivity index (χ3v) is 5.37. The van der Waals surface area contributed by atoms with Gasteiger partial charge < -0.3 is 4.90 Å². The van der Waals surface area contributed by atoms with Crippen LogP contribution in [-0.2, 0) is 10.0 Å². The molecule has 1 heterocycles. The second-order valence-electron chi connectivity index (χ2n) is 6.82. The van der Waals surface area contributed by atoms with Crippen LogP contribution >= 0.6 is 0 Å². The van der Waals surface area contributed by atoms with Crippen LogP contribution in [0.3, 0.4) is 0 Å². The molecule has 26 heavy (non-hydrogen) atoms. The van der Waals surface area contributed by atoms with Crippen molar-refractivity contribution in [3.63, 3.8) is 0 Å². The van der Waals surface area contributed by atoms with Gasteiger partial charge in [-0.15, -0.1) is 0 Å². The number of likely N-dealkylation sites (tertiary alicyclic amines) is 1. The number of amides is 1. The van der Waals surface area contributed by atoms with Crippen molar-refractivity contribution in [2.75, 3.05) is 25.9 Å². The van der Waals surface area contributed by atoms with Gasteiger partial charge in [0.25, 0.3) is 5.91 Å². The number of nitrogens with one attached hydrogen (secondary N) is 1. The quantitative estimate of drug-likeness (QED) is 0.878. The summed E-state index contributed by atoms with van der Waals surface area (Å²) in [6, 6.07) is 17.7. The maximum absolute atomic E-state index is 12.8. The van der Waals surface area contributed by atoms with E-state index >= 15 is 0 Å². The molecule has 0 spiro atoms. The van der Waals surface area contributed by atoms with Gasteiger partial charge in [-0.1, -0.05) is 42.5 Å². The highest BCUT2D eigenvalue weighted by Crippen LogP contribution is 2.22. The minimum absolute atomic E-state index is 0.00803. The van der Waals surface area contributed by atoms with E-state index in [1.807, 2.05) is 59.5 Å². The Morgan fingerprint density at radius 1 is 1.08 bits per heavy atom. The summed E-state index contributed by atoms with van der Waals surface area (Å²) < 4.78 is 25.1. The van der Waals surface area contributed by atoms with Gasteiger partial charge in [-0.25, -0.2) is 13.1 Å². The molecule has 1 atom stereocenters. The normalized spacial score (nSPS) is 17.9. The van der Waals surface area contributed by atoms with E-state index < -0.39 is 10.0 Å². The van der Waals surface area contributed by atoms with E-state index in [9.17, 15) is 13.2 Å². The van der Waals surface area contributed by atoms with Crippen molar-refractivity contribution in [1.82, 2.24) is 9.62 Å². The molecule has 1 aliphatic rings. The minimum atomic E-state index is -3.20. The van der Waals surface area contributed by atoms with Crippen molar-refractivity contribution in [2.24, 2.45) is 5.92 Å². The largest absolute Gasteiger partial charge is 0.338 e. The van der Waals surface area contributed by atoms with Crippen molar-refractivity contribution in [1.29, 1.82) is 0 Å². The van der Waals surface area contributed by atoms with Crippen LogP contribution in [0.15, 0.2) is 54.6 Å². The zero-order valence-corrected chi connectivity index (χ0v) is 15.7. The van der Waals surface area contributed by atoms with E-state index in [1.165, 1.54) is 0 Å². The number of piperidine rings is 1. The third kappa shape index (κ3) is 4.93. The molecule has 2 aromatic rings. The topological polar surface area (TPSA) is 66.5 Å². The zero-order chi connectivity index (χ0) is 18.6. The molecule has 0 radical (unpaired) electrons. The van der Waals surface area contributed by atoms with Crippen LogP contribution < -0.4 is 4.72 Å². The summed E-state index contributed by atoms with van der Waals surface area (Å²) in [5.74, 6) is 0.166. The molecule has 0 aromatic heterocycles. The summed E-state index contributed by atoms with van der Waals surface area (Å²) in [5.41, 5.74) is 2.87. The molecule has 6 heteroatoms. The fourth-order valence-corrected chi connectivity index (χ4v) is 3.84. The maximum atomic E-state index is 12.8. The van der Waals surface area contributed by atoms with Gasteiger partial charge in [0.15, 0.2) is 0 Å². The number of sulfonamides is 1. The first-order valence-corrected chi connectivity index (χ1v) is 10.7. The first-order valence-electron chi connectivity index (χ1n) is 8.82. The molecule has 1 amide bonds. The number of carbonyl (C=O) groups excluding carboxylic acids is 1. The second-order valence-corrected chi connectivity index (χ2v) is 8.66. The molecule has 138 valence electrons. The summed E-state index contributed by atoms with van der Waals surface area (Å²) in [6.07, 6.45) is 2.98. The Bertz CT molecular complexity index is 848. The molecule has 0 saturated carbocycles. The lowest BCUT2D eigenvalue weighted by Gasteiger charge is -2.32. The van der Waals surface area contributed by atoms with Gasteiger partial charge in [0.2, 0.25) is 10.0 Å². The van der Waals surface area contributed by atoms with Crippen molar-refractivity contribution in [3.8, 4) is 11.1 Å². The Hall–Kier alpha value is -2.18. The molecule has 1 saturated heterocycles. The van der Waals surface area contributed by atoms with Crippen LogP contribution in [0, 0.1) is 5.92 Å². The molecule has 1 N–H and O–H groups in total. The predicted octanol–water partition coefficient (Wildman–Crippen LogP) is 2.76. The van der Waals surface area contributed by atoms with E-state index in [-0.39, 0.29) is 11.8 Å². The molecular formula is C20H24N2O3S. The SMILES string of the molecule is CS(=O)(=O)NC[C@@H]1CCCN(C(=O)c2ccc(-c3ccccc3)cc2)C1. The monoisotopic (exact) mass is 372 g/mol. The van der Waals surface area contributed by atoms with Crippen LogP contribution in [0.2, 0.25) is 0 Å². The molecule has 0 bridgehead atoms. The van der Waals surface area contributed by atoms with Gasteiger partial charge in [-0.05, 0) is 42.0 Å². The summed E-state index contributed by atoms with van der Waals surface area (Å²) in [5, 5.41) is 0. The molecule has 1 fully saturated rings. The first-order chi connectivity index (χ1) is 12.4. The smallest absolute Gasteiger partial charge is 0.253 e. The Morgan fingerprint density at radius 3 is 2.38 bits per heavy atom. The van der Waals surface area contributed by atoms with E-state index in [2.05, 4.69) is 4.72 Å². The third-order valence-electron chi connectivity index (χ3n) is 4.68. The molecule has 2 aromatic carbocycles. The standard InChI is InChI=1S/C20H24N2O3S/c1-26(24,25)21-14-16-6-5-13-22(15-16)20(23)19-11-9-18(10-12-19)17-7-3-2-4-8-17/h2-4,7-12,16,21H,5-6,13-15H2,1H3/t16-/m0/s1. The van der Waals surface area contributed by atoms with Gasteiger partial charge in [-0.3, -0.25) is 4.79 Å². The lowest BCUT2D eigenvalue weighted by atomic mass is 9.97. The lowest BCUT2D eigenvalue weighted by molar-refractivity contribution is 0.0676. The molecular weight excluding hydrogens is 348 g/mol. The highest BCUT2D eigenvalue weighted by Gasteiger charge is 2.25. The van der Waals surface area contributed by atoms with Gasteiger partial charge >= 0.3 is 0 Å². The molecule has 0 aliphatic carbocycles. The van der Waals surface area contributed by atoms with E-state index in [1.54, 1.807) is 0 Å². The second kappa shape index (κ2) is 8.01. The van der Waals surface area contributed by atoms with Gasteiger partial charge in [-0.2, -0.15) is 0 Å². The molecule has 3 rings (SSSR count). The van der Waals surface area contributed by atoms with Gasteiger partial charge in [0.05, 0.1) is 6.26 Å². The lowest BCUT2D eigenvalue weighted by Crippen LogP contribution is -2.43. The maximum Gasteiger partial charge on any atom is 0.253 e. The Morgan fingerprint density at radius 2 is 1.73 bits per heavy atom. The Balaban J connectivity index is 1.65. The van der Waals surface area contributed by atoms with Crippen LogP contribution in [0.4, 0.5) is 0 Å². The molecule has 5 nitrogen and oxygen atoms in total. The minimum Gasteiger partial charge on any atom is -0.338 e. The van der Waals surface area contributed by atoms with Crippen molar-refractivity contribution >= 4 is 15.9 Å². The summed E-state index contributed by atoms with van der Waals surface area (Å²) in [4.78, 5) is 14.6. The predicted molar refractivity (Wildman–Crippen MR) is 103 cm³/mol. The number of hydrogen-bond acceptors (Lipinski definition) is 3. The first kappa shape index (κ1) is 18.6. The van der Waals surface area contributed by atoms with E-state index in [0.717, 1.165) is 30.2 Å². The summed E-state index contributed by atoms with van der Waals surface area (Å²) in [6.45, 7) is 1.69. The highest BCUT2D eigenvalue weighted by atomic mass is 32.2. The van der Waals surface area contributed by atoms with Crippen LogP contribution in [0.25, 0.3) is 11.1 Å². The van der Waals surface area contributed by atoms with Crippen LogP contribution in [0.5, 0.6) is 0 Å². The zero-order valence-electron chi connectivity index (χ0n) is 14.9. The van der Waals surface area contributed by atoms with Crippen molar-refractivity contribution in [3.05, 3.63) is 60.2 Å². The highest BCUT2D eigenvalue weighted by molar-refractivity contribution is 7.88. The van der Waals surface area contributed by atoms with Gasteiger partial charge in [0.1, 0.15) is 0 Å². The summed E-state index contributed by atoms with van der Waals surface area (Å²) in [7, 11) is -3.20. The average molecular weight is 372 g/mol. The molecule has 1 aliphatic heterocycles. The number of benzene rings is 2. The molecule has 0 unspecified atom stereocenters. The van der Waals surface area contributed by atoms with Gasteiger partial charge in [0, 0.05) is 25.2 Å². The fraction of sp³-hybridized carbons (Fsp3) is 0.350. The fourth-order valence-electron chi connectivity index (χ4n) is 3.30. The average Bonchev–Trinajstić information content (AvgIpc) is 2.66. The number of carbonyl (C=O) groups is 1. The van der Waals surface area contributed by atoms with E-state index in [4.69, 9.17) is 0 Å². The van der Waals surface area contributed by atoms with Crippen molar-refractivity contribution in [2.45, 2.75) is 12.8 Å². The summed E-state index contributed by atoms with van der Waals surface area (Å²) >= 11 is 0. The van der Waals surface area contributed by atoms with E-state index in [0.29, 0.717) is 25.2 Å². The van der Waals surface area contributed by atoms with Crippen LogP contribution in [0.1, 0.15) is 23.2 Å². The Labute approximate surface area is 155 Å². The number of rotatable bonds is 5. The Kier molecular flexibility index (Phi) is 5.74.